The van der Waals surface area contributed by atoms with Gasteiger partial charge in [-0.3, -0.25) is 5.43 Å². The Morgan fingerprint density at radius 3 is 2.68 bits per heavy atom. The molecule has 3 rings (SSSR count). The van der Waals surface area contributed by atoms with Crippen LogP contribution in [0.2, 0.25) is 0 Å². The monoisotopic (exact) mass is 315 g/mol. The Hall–Kier alpha value is -2.60. The highest BCUT2D eigenvalue weighted by molar-refractivity contribution is 7.14. The van der Waals surface area contributed by atoms with Crippen LogP contribution in [-0.2, 0) is 0 Å². The van der Waals surface area contributed by atoms with Crippen LogP contribution in [0.5, 0.6) is 0 Å². The molecule has 0 bridgehead atoms. The number of anilines is 1. The number of thiazole rings is 1. The van der Waals surface area contributed by atoms with E-state index in [9.17, 15) is 8.78 Å². The smallest absolute Gasteiger partial charge is 0.203 e. The number of halogens is 2. The van der Waals surface area contributed by atoms with Crippen LogP contribution in [0.1, 0.15) is 5.56 Å². The summed E-state index contributed by atoms with van der Waals surface area (Å²) in [5.41, 5.74) is 4.80. The van der Waals surface area contributed by atoms with E-state index in [0.717, 1.165) is 17.3 Å². The molecule has 0 atom stereocenters. The number of nitrogens with zero attached hydrogens (tertiary/aromatic N) is 2. The minimum atomic E-state index is -0.658. The average Bonchev–Trinajstić information content (AvgIpc) is 2.99. The minimum Gasteiger partial charge on any atom is -0.253 e. The first kappa shape index (κ1) is 14.3. The number of benzene rings is 2. The Bertz CT molecular complexity index is 800. The van der Waals surface area contributed by atoms with Crippen LogP contribution in [0.3, 0.4) is 0 Å². The van der Waals surface area contributed by atoms with E-state index in [0.29, 0.717) is 5.13 Å². The predicted octanol–water partition coefficient (Wildman–Crippen LogP) is 4.53. The predicted molar refractivity (Wildman–Crippen MR) is 85.1 cm³/mol. The molecule has 0 saturated heterocycles. The van der Waals surface area contributed by atoms with Crippen molar-refractivity contribution in [1.82, 2.24) is 4.98 Å². The number of aromatic nitrogens is 1. The van der Waals surface area contributed by atoms with Crippen molar-refractivity contribution in [3.05, 3.63) is 71.1 Å². The van der Waals surface area contributed by atoms with E-state index in [-0.39, 0.29) is 5.56 Å². The molecule has 0 unspecified atom stereocenters. The number of hydrazone groups is 1. The van der Waals surface area contributed by atoms with Gasteiger partial charge in [0.05, 0.1) is 11.9 Å². The highest BCUT2D eigenvalue weighted by atomic mass is 32.1. The fourth-order valence-corrected chi connectivity index (χ4v) is 2.50. The number of rotatable bonds is 4. The third kappa shape index (κ3) is 3.35. The molecule has 0 fully saturated rings. The maximum absolute atomic E-state index is 13.4. The van der Waals surface area contributed by atoms with Crippen molar-refractivity contribution in [2.75, 3.05) is 5.43 Å². The van der Waals surface area contributed by atoms with Crippen LogP contribution < -0.4 is 5.43 Å². The molecular weight excluding hydrogens is 304 g/mol. The summed E-state index contributed by atoms with van der Waals surface area (Å²) in [6.07, 6.45) is 1.29. The van der Waals surface area contributed by atoms with Gasteiger partial charge in [-0.05, 0) is 12.1 Å². The molecule has 1 aromatic heterocycles. The molecule has 3 nitrogen and oxygen atoms in total. The van der Waals surface area contributed by atoms with Gasteiger partial charge in [-0.2, -0.15) is 5.10 Å². The summed E-state index contributed by atoms with van der Waals surface area (Å²) in [5, 5.41) is 6.42. The topological polar surface area (TPSA) is 37.3 Å². The second-order valence-electron chi connectivity index (χ2n) is 4.44. The summed E-state index contributed by atoms with van der Waals surface area (Å²) >= 11 is 1.40. The molecule has 0 aliphatic rings. The molecule has 0 aliphatic carbocycles. The molecule has 0 spiro atoms. The van der Waals surface area contributed by atoms with Crippen LogP contribution in [0.4, 0.5) is 13.9 Å². The molecule has 3 aromatic rings. The van der Waals surface area contributed by atoms with Gasteiger partial charge in [0.1, 0.15) is 11.6 Å². The van der Waals surface area contributed by atoms with Gasteiger partial charge in [-0.15, -0.1) is 11.3 Å². The molecule has 0 saturated carbocycles. The molecule has 0 radical (unpaired) electrons. The Balaban J connectivity index is 1.69. The van der Waals surface area contributed by atoms with Crippen molar-refractivity contribution in [2.45, 2.75) is 0 Å². The van der Waals surface area contributed by atoms with Crippen LogP contribution >= 0.6 is 11.3 Å². The van der Waals surface area contributed by atoms with Gasteiger partial charge in [0, 0.05) is 22.6 Å². The Morgan fingerprint density at radius 1 is 1.09 bits per heavy atom. The van der Waals surface area contributed by atoms with Gasteiger partial charge < -0.3 is 0 Å². The van der Waals surface area contributed by atoms with Gasteiger partial charge in [-0.1, -0.05) is 30.3 Å². The molecule has 1 N–H and O–H groups in total. The fraction of sp³-hybridized carbons (Fsp3) is 0. The zero-order valence-electron chi connectivity index (χ0n) is 11.3. The third-order valence-electron chi connectivity index (χ3n) is 2.90. The standard InChI is InChI=1S/C16H11F2N3S/c17-13-7-6-12(14(18)8-13)9-19-21-16-20-15(10-22-16)11-4-2-1-3-5-11/h1-10H,(H,20,21)/b19-9-. The zero-order valence-corrected chi connectivity index (χ0v) is 12.1. The second kappa shape index (κ2) is 6.44. The maximum atomic E-state index is 13.4. The fourth-order valence-electron chi connectivity index (χ4n) is 1.83. The number of nitrogens with one attached hydrogen (secondary N) is 1. The lowest BCUT2D eigenvalue weighted by molar-refractivity contribution is 0.582. The lowest BCUT2D eigenvalue weighted by atomic mass is 10.2. The molecule has 6 heteroatoms. The van der Waals surface area contributed by atoms with Gasteiger partial charge in [0.25, 0.3) is 0 Å². The summed E-state index contributed by atoms with van der Waals surface area (Å²) in [5.74, 6) is -1.27. The zero-order chi connectivity index (χ0) is 15.4. The first-order valence-corrected chi connectivity index (χ1v) is 7.35. The van der Waals surface area contributed by atoms with Crippen LogP contribution in [-0.4, -0.2) is 11.2 Å². The van der Waals surface area contributed by atoms with Crippen molar-refractivity contribution in [3.63, 3.8) is 0 Å². The van der Waals surface area contributed by atoms with E-state index in [4.69, 9.17) is 0 Å². The first-order chi connectivity index (χ1) is 10.7. The van der Waals surface area contributed by atoms with Crippen LogP contribution in [0, 0.1) is 11.6 Å². The molecule has 1 heterocycles. The number of hydrogen-bond donors (Lipinski definition) is 1. The van der Waals surface area contributed by atoms with E-state index in [1.807, 2.05) is 35.7 Å². The van der Waals surface area contributed by atoms with Crippen molar-refractivity contribution in [3.8, 4) is 11.3 Å². The Labute approximate surface area is 130 Å². The van der Waals surface area contributed by atoms with Gasteiger partial charge in [-0.25, -0.2) is 13.8 Å². The lowest BCUT2D eigenvalue weighted by Crippen LogP contribution is -1.93. The van der Waals surface area contributed by atoms with Crippen LogP contribution in [0.25, 0.3) is 11.3 Å². The normalized spacial score (nSPS) is 11.0. The highest BCUT2D eigenvalue weighted by Gasteiger charge is 2.03. The number of hydrogen-bond acceptors (Lipinski definition) is 4. The molecule has 0 aliphatic heterocycles. The van der Waals surface area contributed by atoms with Gasteiger partial charge in [0.2, 0.25) is 5.13 Å². The summed E-state index contributed by atoms with van der Waals surface area (Å²) in [7, 11) is 0. The van der Waals surface area contributed by atoms with Crippen molar-refractivity contribution in [1.29, 1.82) is 0 Å². The average molecular weight is 315 g/mol. The van der Waals surface area contributed by atoms with Crippen molar-refractivity contribution in [2.24, 2.45) is 5.10 Å². The Kier molecular flexibility index (Phi) is 4.20. The van der Waals surface area contributed by atoms with Crippen molar-refractivity contribution < 1.29 is 8.78 Å². The molecule has 2 aromatic carbocycles. The quantitative estimate of drug-likeness (QED) is 0.567. The minimum absolute atomic E-state index is 0.203. The van der Waals surface area contributed by atoms with E-state index in [2.05, 4.69) is 15.5 Å². The van der Waals surface area contributed by atoms with Crippen LogP contribution in [0.15, 0.2) is 59.0 Å². The Morgan fingerprint density at radius 2 is 1.91 bits per heavy atom. The second-order valence-corrected chi connectivity index (χ2v) is 5.30. The third-order valence-corrected chi connectivity index (χ3v) is 3.65. The van der Waals surface area contributed by atoms with Crippen molar-refractivity contribution >= 4 is 22.7 Å². The van der Waals surface area contributed by atoms with E-state index < -0.39 is 11.6 Å². The van der Waals surface area contributed by atoms with E-state index in [1.165, 1.54) is 29.7 Å². The molecule has 110 valence electrons. The maximum Gasteiger partial charge on any atom is 0.203 e. The summed E-state index contributed by atoms with van der Waals surface area (Å²) in [6.45, 7) is 0. The largest absolute Gasteiger partial charge is 0.253 e. The SMILES string of the molecule is Fc1ccc(/C=N\Nc2nc(-c3ccccc3)cs2)c(F)c1. The lowest BCUT2D eigenvalue weighted by Gasteiger charge is -1.97. The summed E-state index contributed by atoms with van der Waals surface area (Å²) < 4.78 is 26.2. The first-order valence-electron chi connectivity index (χ1n) is 6.47. The highest BCUT2D eigenvalue weighted by Crippen LogP contribution is 2.24. The van der Waals surface area contributed by atoms with E-state index >= 15 is 0 Å². The molecular formula is C16H11F2N3S. The van der Waals surface area contributed by atoms with Gasteiger partial charge in [0.15, 0.2) is 0 Å². The molecule has 22 heavy (non-hydrogen) atoms. The summed E-state index contributed by atoms with van der Waals surface area (Å²) in [6, 6.07) is 13.1. The summed E-state index contributed by atoms with van der Waals surface area (Å²) in [4.78, 5) is 4.39. The molecule has 0 amide bonds. The van der Waals surface area contributed by atoms with Gasteiger partial charge >= 0.3 is 0 Å². The van der Waals surface area contributed by atoms with E-state index in [1.54, 1.807) is 0 Å².